The Kier molecular flexibility index (Phi) is 5.26. The molecule has 1 aliphatic heterocycles. The minimum atomic E-state index is -0.900. The zero-order valence-corrected chi connectivity index (χ0v) is 19.1. The first-order valence-corrected chi connectivity index (χ1v) is 11.0. The fraction of sp³-hybridized carbons (Fsp3) is 0.0769. The highest BCUT2D eigenvalue weighted by Crippen LogP contribution is 2.44. The third kappa shape index (κ3) is 3.50. The van der Waals surface area contributed by atoms with Crippen molar-refractivity contribution >= 4 is 44.3 Å². The minimum Gasteiger partial charge on any atom is -0.503 e. The van der Waals surface area contributed by atoms with E-state index in [1.165, 1.54) is 12.0 Å². The Morgan fingerprint density at radius 1 is 1.03 bits per heavy atom. The number of ether oxygens (including phenoxy) is 1. The van der Waals surface area contributed by atoms with E-state index in [0.29, 0.717) is 22.6 Å². The van der Waals surface area contributed by atoms with Gasteiger partial charge in [0.25, 0.3) is 5.91 Å². The van der Waals surface area contributed by atoms with Gasteiger partial charge in [-0.25, -0.2) is 0 Å². The number of carbonyl (C=O) groups is 2. The number of benzene rings is 3. The van der Waals surface area contributed by atoms with Gasteiger partial charge in [0.2, 0.25) is 5.78 Å². The van der Waals surface area contributed by atoms with Gasteiger partial charge in [-0.3, -0.25) is 14.5 Å². The molecule has 1 atom stereocenters. The number of Topliss-reactive ketones (excluding diaryl/α,β-unsaturated/α-hetero) is 1. The van der Waals surface area contributed by atoms with Crippen molar-refractivity contribution in [2.45, 2.75) is 6.04 Å². The molecule has 0 aliphatic carbocycles. The average Bonchev–Trinajstić information content (AvgIpc) is 3.37. The van der Waals surface area contributed by atoms with Gasteiger partial charge < -0.3 is 14.3 Å². The van der Waals surface area contributed by atoms with Crippen LogP contribution in [0.2, 0.25) is 0 Å². The number of aliphatic hydroxyl groups is 1. The number of methoxy groups -OCH3 is 1. The van der Waals surface area contributed by atoms with E-state index in [2.05, 4.69) is 15.9 Å². The van der Waals surface area contributed by atoms with Gasteiger partial charge in [-0.1, -0.05) is 52.3 Å². The lowest BCUT2D eigenvalue weighted by molar-refractivity contribution is -0.117. The van der Waals surface area contributed by atoms with Crippen molar-refractivity contribution < 1.29 is 23.8 Å². The number of aliphatic hydroxyl groups excluding tert-OH is 1. The predicted octanol–water partition coefficient (Wildman–Crippen LogP) is 5.99. The summed E-state index contributed by atoms with van der Waals surface area (Å²) in [5.74, 6) is -1.32. The molecule has 0 bridgehead atoms. The number of hydrogen-bond acceptors (Lipinski definition) is 5. The molecule has 2 heterocycles. The number of amides is 1. The van der Waals surface area contributed by atoms with Crippen LogP contribution in [0.15, 0.2) is 99.1 Å². The molecule has 0 fully saturated rings. The van der Waals surface area contributed by atoms with Gasteiger partial charge in [-0.2, -0.15) is 0 Å². The van der Waals surface area contributed by atoms with E-state index in [4.69, 9.17) is 9.15 Å². The number of ketones is 1. The first-order chi connectivity index (χ1) is 16.0. The summed E-state index contributed by atoms with van der Waals surface area (Å²) in [6.07, 6.45) is 0. The molecule has 3 aromatic carbocycles. The van der Waals surface area contributed by atoms with E-state index in [-0.39, 0.29) is 11.3 Å². The molecule has 4 aromatic rings. The molecule has 5 rings (SSSR count). The van der Waals surface area contributed by atoms with Crippen LogP contribution in [-0.4, -0.2) is 23.9 Å². The van der Waals surface area contributed by atoms with Crippen LogP contribution in [0.4, 0.5) is 5.69 Å². The Balaban J connectivity index is 1.69. The van der Waals surface area contributed by atoms with Crippen LogP contribution in [0.5, 0.6) is 5.75 Å². The Bertz CT molecular complexity index is 1420. The summed E-state index contributed by atoms with van der Waals surface area (Å²) < 4.78 is 12.2. The Hall–Kier alpha value is -3.84. The molecule has 7 heteroatoms. The van der Waals surface area contributed by atoms with Crippen molar-refractivity contribution in [3.63, 3.8) is 0 Å². The zero-order chi connectivity index (χ0) is 23.1. The van der Waals surface area contributed by atoms with Crippen LogP contribution >= 0.6 is 15.9 Å². The van der Waals surface area contributed by atoms with Crippen LogP contribution in [0.1, 0.15) is 22.2 Å². The molecular weight excluding hydrogens is 486 g/mol. The van der Waals surface area contributed by atoms with Crippen LogP contribution in [0.3, 0.4) is 0 Å². The molecule has 1 aromatic heterocycles. The highest BCUT2D eigenvalue weighted by atomic mass is 79.9. The molecule has 0 saturated carbocycles. The van der Waals surface area contributed by atoms with Crippen LogP contribution in [0, 0.1) is 0 Å². The van der Waals surface area contributed by atoms with Crippen molar-refractivity contribution in [2.24, 2.45) is 0 Å². The quantitative estimate of drug-likeness (QED) is 0.338. The van der Waals surface area contributed by atoms with E-state index in [1.807, 2.05) is 18.2 Å². The second kappa shape index (κ2) is 8.26. The number of anilines is 1. The third-order valence-corrected chi connectivity index (χ3v) is 6.12. The van der Waals surface area contributed by atoms with Gasteiger partial charge in [0.1, 0.15) is 11.3 Å². The number of carbonyl (C=O) groups excluding carboxylic acids is 2. The van der Waals surface area contributed by atoms with E-state index in [0.717, 1.165) is 9.86 Å². The van der Waals surface area contributed by atoms with Crippen molar-refractivity contribution in [3.8, 4) is 5.75 Å². The highest BCUT2D eigenvalue weighted by molar-refractivity contribution is 9.10. The second-order valence-electron chi connectivity index (χ2n) is 7.54. The van der Waals surface area contributed by atoms with Crippen molar-refractivity contribution in [2.75, 3.05) is 12.0 Å². The lowest BCUT2D eigenvalue weighted by atomic mass is 9.94. The number of halogens is 1. The molecule has 0 saturated heterocycles. The minimum absolute atomic E-state index is 0.0345. The lowest BCUT2D eigenvalue weighted by Gasteiger charge is -2.27. The smallest absolute Gasteiger partial charge is 0.294 e. The standard InChI is InChI=1S/C26H18BrNO5/c1-32-20-10-6-5-9-18(20)23-22(25(30)26(31)28(23)17-7-3-2-4-8-17)24(29)21-14-15-13-16(27)11-12-19(15)33-21/h2-14,23,30H,1H3. The van der Waals surface area contributed by atoms with E-state index >= 15 is 0 Å². The van der Waals surface area contributed by atoms with Gasteiger partial charge in [-0.15, -0.1) is 0 Å². The SMILES string of the molecule is COc1ccccc1C1C(C(=O)c2cc3cc(Br)ccc3o2)=C(O)C(=O)N1c1ccccc1. The topological polar surface area (TPSA) is 80.0 Å². The van der Waals surface area contributed by atoms with Gasteiger partial charge in [0.15, 0.2) is 11.5 Å². The molecule has 1 aliphatic rings. The summed E-state index contributed by atoms with van der Waals surface area (Å²) >= 11 is 3.41. The summed E-state index contributed by atoms with van der Waals surface area (Å²) in [5.41, 5.74) is 1.58. The largest absolute Gasteiger partial charge is 0.503 e. The number of fused-ring (bicyclic) bond motifs is 1. The van der Waals surface area contributed by atoms with Gasteiger partial charge in [-0.05, 0) is 42.5 Å². The van der Waals surface area contributed by atoms with Crippen molar-refractivity contribution in [1.82, 2.24) is 0 Å². The molecule has 0 radical (unpaired) electrons. The van der Waals surface area contributed by atoms with Crippen LogP contribution < -0.4 is 9.64 Å². The molecule has 1 N–H and O–H groups in total. The van der Waals surface area contributed by atoms with E-state index in [9.17, 15) is 14.7 Å². The highest BCUT2D eigenvalue weighted by Gasteiger charge is 2.46. The van der Waals surface area contributed by atoms with Crippen LogP contribution in [-0.2, 0) is 4.79 Å². The number of rotatable bonds is 5. The number of furan rings is 1. The molecule has 164 valence electrons. The zero-order valence-electron chi connectivity index (χ0n) is 17.5. The first kappa shape index (κ1) is 21.0. The summed E-state index contributed by atoms with van der Waals surface area (Å²) in [5, 5.41) is 11.6. The molecule has 0 spiro atoms. The molecule has 6 nitrogen and oxygen atoms in total. The summed E-state index contributed by atoms with van der Waals surface area (Å²) in [6, 6.07) is 22.1. The Morgan fingerprint density at radius 3 is 2.52 bits per heavy atom. The molecule has 1 amide bonds. The maximum atomic E-state index is 13.7. The van der Waals surface area contributed by atoms with Crippen LogP contribution in [0.25, 0.3) is 11.0 Å². The lowest BCUT2D eigenvalue weighted by Crippen LogP contribution is -2.31. The van der Waals surface area contributed by atoms with Crippen molar-refractivity contribution in [3.05, 3.63) is 106 Å². The second-order valence-corrected chi connectivity index (χ2v) is 8.46. The Labute approximate surface area is 197 Å². The summed E-state index contributed by atoms with van der Waals surface area (Å²) in [7, 11) is 1.52. The van der Waals surface area contributed by atoms with E-state index in [1.54, 1.807) is 60.7 Å². The van der Waals surface area contributed by atoms with Gasteiger partial charge >= 0.3 is 0 Å². The molecule has 1 unspecified atom stereocenters. The van der Waals surface area contributed by atoms with Gasteiger partial charge in [0, 0.05) is 21.1 Å². The maximum Gasteiger partial charge on any atom is 0.294 e. The third-order valence-electron chi connectivity index (χ3n) is 5.62. The number of nitrogens with zero attached hydrogens (tertiary/aromatic N) is 1. The van der Waals surface area contributed by atoms with Crippen molar-refractivity contribution in [1.29, 1.82) is 0 Å². The number of hydrogen-bond donors (Lipinski definition) is 1. The average molecular weight is 504 g/mol. The fourth-order valence-corrected chi connectivity index (χ4v) is 4.52. The van der Waals surface area contributed by atoms with Gasteiger partial charge in [0.05, 0.1) is 18.7 Å². The Morgan fingerprint density at radius 2 is 1.76 bits per heavy atom. The molecular formula is C26H18BrNO5. The fourth-order valence-electron chi connectivity index (χ4n) is 4.14. The number of para-hydroxylation sites is 2. The predicted molar refractivity (Wildman–Crippen MR) is 128 cm³/mol. The van der Waals surface area contributed by atoms with E-state index < -0.39 is 23.5 Å². The molecule has 33 heavy (non-hydrogen) atoms. The monoisotopic (exact) mass is 503 g/mol. The summed E-state index contributed by atoms with van der Waals surface area (Å²) in [4.78, 5) is 28.3. The maximum absolute atomic E-state index is 13.7. The first-order valence-electron chi connectivity index (χ1n) is 10.2. The summed E-state index contributed by atoms with van der Waals surface area (Å²) in [6.45, 7) is 0. The normalized spacial score (nSPS) is 16.0.